The molecule has 1 aromatic heterocycles. The predicted octanol–water partition coefficient (Wildman–Crippen LogP) is 6.41. The second-order valence-corrected chi connectivity index (χ2v) is 9.41. The normalized spacial score (nSPS) is 23.9. The van der Waals surface area contributed by atoms with Gasteiger partial charge in [-0.25, -0.2) is 4.68 Å². The lowest BCUT2D eigenvalue weighted by Gasteiger charge is -2.38. The minimum absolute atomic E-state index is 0.438. The van der Waals surface area contributed by atoms with Crippen molar-refractivity contribution in [2.75, 3.05) is 0 Å². The monoisotopic (exact) mass is 358 g/mol. The van der Waals surface area contributed by atoms with Gasteiger partial charge in [-0.3, -0.25) is 0 Å². The Balaban J connectivity index is 1.49. The number of hydrogen-bond donors (Lipinski definition) is 1. The molecule has 3 aliphatic carbocycles. The summed E-state index contributed by atoms with van der Waals surface area (Å²) in [6.07, 6.45) is 21.5. The largest absolute Gasteiger partial charge is 0.493 e. The van der Waals surface area contributed by atoms with Crippen LogP contribution in [-0.4, -0.2) is 14.9 Å². The fraction of sp³-hybridized carbons (Fsp3) is 0.870. The Kier molecular flexibility index (Phi) is 6.22. The molecule has 3 heteroatoms. The highest BCUT2D eigenvalue weighted by Gasteiger charge is 2.35. The van der Waals surface area contributed by atoms with Gasteiger partial charge in [-0.05, 0) is 56.3 Å². The molecule has 0 amide bonds. The SMILES string of the molecule is Oc1cc(CCC2CCCC2)nn1C(C1CCCCC1)C1CCCCC1. The van der Waals surface area contributed by atoms with Crippen molar-refractivity contribution >= 4 is 0 Å². The molecule has 26 heavy (non-hydrogen) atoms. The molecule has 3 fully saturated rings. The lowest BCUT2D eigenvalue weighted by molar-refractivity contribution is 0.128. The number of rotatable bonds is 6. The molecule has 1 heterocycles. The van der Waals surface area contributed by atoms with Crippen molar-refractivity contribution in [1.82, 2.24) is 9.78 Å². The van der Waals surface area contributed by atoms with E-state index in [0.717, 1.165) is 29.9 Å². The van der Waals surface area contributed by atoms with Crippen molar-refractivity contribution in [2.24, 2.45) is 17.8 Å². The molecule has 1 N–H and O–H groups in total. The first-order valence-corrected chi connectivity index (χ1v) is 11.6. The summed E-state index contributed by atoms with van der Waals surface area (Å²) < 4.78 is 2.08. The van der Waals surface area contributed by atoms with Crippen molar-refractivity contribution in [3.63, 3.8) is 0 Å². The van der Waals surface area contributed by atoms with Gasteiger partial charge in [0.2, 0.25) is 5.88 Å². The molecule has 0 aromatic carbocycles. The molecule has 0 bridgehead atoms. The van der Waals surface area contributed by atoms with Gasteiger partial charge in [0.1, 0.15) is 0 Å². The predicted molar refractivity (Wildman–Crippen MR) is 106 cm³/mol. The Hall–Kier alpha value is -0.990. The number of nitrogens with zero attached hydrogens (tertiary/aromatic N) is 2. The highest BCUT2D eigenvalue weighted by Crippen LogP contribution is 2.44. The van der Waals surface area contributed by atoms with E-state index in [1.807, 2.05) is 6.07 Å². The Morgan fingerprint density at radius 2 is 1.38 bits per heavy atom. The lowest BCUT2D eigenvalue weighted by atomic mass is 9.74. The minimum Gasteiger partial charge on any atom is -0.493 e. The van der Waals surface area contributed by atoms with Crippen LogP contribution < -0.4 is 0 Å². The summed E-state index contributed by atoms with van der Waals surface area (Å²) in [6, 6.07) is 2.42. The van der Waals surface area contributed by atoms with Gasteiger partial charge in [0.25, 0.3) is 0 Å². The average molecular weight is 359 g/mol. The fourth-order valence-corrected chi connectivity index (χ4v) is 6.16. The molecule has 4 rings (SSSR count). The van der Waals surface area contributed by atoms with Crippen LogP contribution in [0, 0.1) is 17.8 Å². The molecule has 0 unspecified atom stereocenters. The molecule has 0 saturated heterocycles. The van der Waals surface area contributed by atoms with E-state index in [4.69, 9.17) is 5.10 Å². The molecule has 0 radical (unpaired) electrons. The number of aromatic hydroxyl groups is 1. The van der Waals surface area contributed by atoms with E-state index >= 15 is 0 Å². The Morgan fingerprint density at radius 1 is 0.846 bits per heavy atom. The van der Waals surface area contributed by atoms with Crippen LogP contribution in [0.4, 0.5) is 0 Å². The summed E-state index contributed by atoms with van der Waals surface area (Å²) in [5, 5.41) is 15.7. The zero-order valence-corrected chi connectivity index (χ0v) is 16.5. The molecule has 1 aromatic rings. The molecular weight excluding hydrogens is 320 g/mol. The van der Waals surface area contributed by atoms with Crippen LogP contribution in [0.5, 0.6) is 5.88 Å². The van der Waals surface area contributed by atoms with Crippen LogP contribution in [0.3, 0.4) is 0 Å². The standard InChI is InChI=1S/C23H38N2O/c26-22-17-21(16-15-18-9-7-8-10-18)24-25(22)23(19-11-3-1-4-12-19)20-13-5-2-6-14-20/h17-20,23,26H,1-16H2. The maximum atomic E-state index is 10.8. The van der Waals surface area contributed by atoms with Gasteiger partial charge in [-0.15, -0.1) is 0 Å². The smallest absolute Gasteiger partial charge is 0.209 e. The van der Waals surface area contributed by atoms with E-state index in [0.29, 0.717) is 11.9 Å². The fourth-order valence-electron chi connectivity index (χ4n) is 6.16. The van der Waals surface area contributed by atoms with E-state index in [2.05, 4.69) is 4.68 Å². The third-order valence-corrected chi connectivity index (χ3v) is 7.60. The van der Waals surface area contributed by atoms with Gasteiger partial charge in [0, 0.05) is 6.07 Å². The molecule has 3 nitrogen and oxygen atoms in total. The second kappa shape index (κ2) is 8.80. The van der Waals surface area contributed by atoms with Crippen molar-refractivity contribution in [2.45, 2.75) is 109 Å². The van der Waals surface area contributed by atoms with Crippen LogP contribution in [0.25, 0.3) is 0 Å². The third kappa shape index (κ3) is 4.28. The van der Waals surface area contributed by atoms with Crippen LogP contribution in [0.2, 0.25) is 0 Å². The molecule has 0 atom stereocenters. The van der Waals surface area contributed by atoms with E-state index in [1.165, 1.54) is 96.3 Å². The Labute approximate surface area is 159 Å². The molecule has 0 spiro atoms. The average Bonchev–Trinajstić information content (AvgIpc) is 3.32. The van der Waals surface area contributed by atoms with Crippen molar-refractivity contribution in [3.8, 4) is 5.88 Å². The van der Waals surface area contributed by atoms with Gasteiger partial charge >= 0.3 is 0 Å². The first-order chi connectivity index (χ1) is 12.8. The summed E-state index contributed by atoms with van der Waals surface area (Å²) in [5.41, 5.74) is 1.13. The molecule has 0 aliphatic heterocycles. The summed E-state index contributed by atoms with van der Waals surface area (Å²) in [5.74, 6) is 2.78. The summed E-state index contributed by atoms with van der Waals surface area (Å²) >= 11 is 0. The summed E-state index contributed by atoms with van der Waals surface area (Å²) in [6.45, 7) is 0. The highest BCUT2D eigenvalue weighted by atomic mass is 16.3. The van der Waals surface area contributed by atoms with Crippen LogP contribution >= 0.6 is 0 Å². The first kappa shape index (κ1) is 18.4. The van der Waals surface area contributed by atoms with Gasteiger partial charge in [-0.2, -0.15) is 5.10 Å². The highest BCUT2D eigenvalue weighted by molar-refractivity contribution is 5.16. The Bertz CT molecular complexity index is 531. The molecular formula is C23H38N2O. The van der Waals surface area contributed by atoms with Crippen LogP contribution in [0.15, 0.2) is 6.07 Å². The Morgan fingerprint density at radius 3 is 1.96 bits per heavy atom. The maximum Gasteiger partial charge on any atom is 0.209 e. The van der Waals surface area contributed by atoms with Gasteiger partial charge < -0.3 is 5.11 Å². The summed E-state index contributed by atoms with van der Waals surface area (Å²) in [4.78, 5) is 0. The topological polar surface area (TPSA) is 38.1 Å². The van der Waals surface area contributed by atoms with E-state index < -0.39 is 0 Å². The quantitative estimate of drug-likeness (QED) is 0.637. The number of aromatic nitrogens is 2. The van der Waals surface area contributed by atoms with Gasteiger partial charge in [0.05, 0.1) is 11.7 Å². The maximum absolute atomic E-state index is 10.8. The van der Waals surface area contributed by atoms with E-state index in [-0.39, 0.29) is 0 Å². The number of aryl methyl sites for hydroxylation is 1. The third-order valence-electron chi connectivity index (χ3n) is 7.60. The zero-order valence-electron chi connectivity index (χ0n) is 16.5. The van der Waals surface area contributed by atoms with Gasteiger partial charge in [-0.1, -0.05) is 64.2 Å². The molecule has 3 saturated carbocycles. The second-order valence-electron chi connectivity index (χ2n) is 9.41. The minimum atomic E-state index is 0.438. The molecule has 146 valence electrons. The van der Waals surface area contributed by atoms with Crippen molar-refractivity contribution in [1.29, 1.82) is 0 Å². The van der Waals surface area contributed by atoms with Crippen LogP contribution in [-0.2, 0) is 6.42 Å². The first-order valence-electron chi connectivity index (χ1n) is 11.6. The molecule has 3 aliphatic rings. The van der Waals surface area contributed by atoms with Crippen LogP contribution in [0.1, 0.15) is 108 Å². The van der Waals surface area contributed by atoms with E-state index in [1.54, 1.807) is 0 Å². The van der Waals surface area contributed by atoms with E-state index in [9.17, 15) is 5.11 Å². The van der Waals surface area contributed by atoms with Crippen molar-refractivity contribution < 1.29 is 5.11 Å². The lowest BCUT2D eigenvalue weighted by Crippen LogP contribution is -2.30. The zero-order chi connectivity index (χ0) is 17.8. The van der Waals surface area contributed by atoms with Crippen molar-refractivity contribution in [3.05, 3.63) is 11.8 Å². The summed E-state index contributed by atoms with van der Waals surface area (Å²) in [7, 11) is 0. The number of hydrogen-bond acceptors (Lipinski definition) is 2. The van der Waals surface area contributed by atoms with Gasteiger partial charge in [0.15, 0.2) is 0 Å².